The van der Waals surface area contributed by atoms with Crippen LogP contribution in [0.25, 0.3) is 11.0 Å². The number of halogens is 5. The SMILES string of the molecule is CC(C)n1nccc1C(=O)NCc1nc2ccc(CN3CC(F)(F)CNC3=O)cc2[nH]1.COC(C)(C)C(F)(F)F.[CH3-].[Re]. The Morgan fingerprint density at radius 1 is 1.21 bits per heavy atom. The predicted molar refractivity (Wildman–Crippen MR) is 142 cm³/mol. The van der Waals surface area contributed by atoms with Crippen LogP contribution in [-0.4, -0.2) is 74.5 Å². The van der Waals surface area contributed by atoms with Crippen LogP contribution in [0, 0.1) is 7.43 Å². The molecule has 1 radical (unpaired) electrons. The van der Waals surface area contributed by atoms with E-state index in [0.717, 1.165) is 25.9 Å². The molecule has 0 atom stereocenters. The Bertz CT molecular complexity index is 1340. The van der Waals surface area contributed by atoms with E-state index in [0.29, 0.717) is 28.1 Å². The number of carbonyl (C=O) groups excluding carboxylic acids is 2. The summed E-state index contributed by atoms with van der Waals surface area (Å²) in [7, 11) is 1.04. The summed E-state index contributed by atoms with van der Waals surface area (Å²) in [5, 5.41) is 9.17. The van der Waals surface area contributed by atoms with Crippen molar-refractivity contribution in [2.75, 3.05) is 20.2 Å². The molecule has 1 aromatic carbocycles. The summed E-state index contributed by atoms with van der Waals surface area (Å²) in [6.07, 6.45) is -2.70. The third-order valence-electron chi connectivity index (χ3n) is 6.18. The van der Waals surface area contributed by atoms with E-state index in [1.165, 1.54) is 0 Å². The van der Waals surface area contributed by atoms with E-state index in [1.807, 2.05) is 13.8 Å². The number of nitrogens with one attached hydrogen (secondary N) is 3. The van der Waals surface area contributed by atoms with Gasteiger partial charge in [-0.2, -0.15) is 18.3 Å². The maximum absolute atomic E-state index is 13.6. The Morgan fingerprint density at radius 2 is 1.88 bits per heavy atom. The topological polar surface area (TPSA) is 117 Å². The third kappa shape index (κ3) is 9.21. The molecule has 16 heteroatoms. The van der Waals surface area contributed by atoms with E-state index in [4.69, 9.17) is 0 Å². The number of H-pyrrole nitrogens is 1. The number of urea groups is 1. The number of alkyl halides is 5. The van der Waals surface area contributed by atoms with Crippen molar-refractivity contribution in [3.8, 4) is 0 Å². The molecule has 3 N–H and O–H groups in total. The fraction of sp³-hybridized carbons (Fsp3) is 0.500. The normalized spacial score (nSPS) is 14.8. The first-order valence-electron chi connectivity index (χ1n) is 12.3. The molecule has 0 bridgehead atoms. The molecule has 3 amide bonds. The molecule has 1 aliphatic heterocycles. The first kappa shape index (κ1) is 36.9. The fourth-order valence-corrected chi connectivity index (χ4v) is 3.64. The van der Waals surface area contributed by atoms with Crippen molar-refractivity contribution in [2.24, 2.45) is 0 Å². The molecular formula is C26H35F5N7O3Re-. The minimum atomic E-state index is -4.28. The van der Waals surface area contributed by atoms with Crippen molar-refractivity contribution in [2.45, 2.75) is 64.5 Å². The van der Waals surface area contributed by atoms with Gasteiger partial charge in [-0.25, -0.2) is 18.6 Å². The van der Waals surface area contributed by atoms with Crippen LogP contribution >= 0.6 is 0 Å². The number of rotatable bonds is 7. The smallest absolute Gasteiger partial charge is 0.369 e. The van der Waals surface area contributed by atoms with Gasteiger partial charge in [0.25, 0.3) is 11.8 Å². The predicted octanol–water partition coefficient (Wildman–Crippen LogP) is 4.85. The molecule has 2 aromatic heterocycles. The summed E-state index contributed by atoms with van der Waals surface area (Å²) in [4.78, 5) is 33.0. The van der Waals surface area contributed by atoms with E-state index in [1.54, 1.807) is 35.1 Å². The van der Waals surface area contributed by atoms with E-state index in [9.17, 15) is 31.5 Å². The standard InChI is InChI=1S/C20H23F2N7O2.C5H9F3O.CH3.Re/c1-12(2)29-16(5-6-25-29)18(30)23-8-17-26-14-4-3-13(7-15(14)27-17)9-28-11-20(21,22)10-24-19(28)31;1-4(2,9-3)5(6,7)8;;/h3-7,12H,8-11H2,1-2H3,(H,23,30)(H,24,31)(H,26,27);1-3H3;1H3;/q;;-1;. The number of fused-ring (bicyclic) bond motifs is 1. The van der Waals surface area contributed by atoms with Crippen LogP contribution in [0.1, 0.15) is 55.6 Å². The van der Waals surface area contributed by atoms with Gasteiger partial charge in [0.15, 0.2) is 5.60 Å². The molecule has 3 aromatic rings. The first-order chi connectivity index (χ1) is 18.5. The zero-order valence-corrected chi connectivity index (χ0v) is 26.8. The van der Waals surface area contributed by atoms with E-state index >= 15 is 0 Å². The molecule has 0 spiro atoms. The number of aromatic nitrogens is 4. The molecule has 4 rings (SSSR count). The van der Waals surface area contributed by atoms with Crippen molar-refractivity contribution in [3.05, 3.63) is 55.0 Å². The Morgan fingerprint density at radius 3 is 2.45 bits per heavy atom. The molecule has 1 aliphatic rings. The van der Waals surface area contributed by atoms with Crippen molar-refractivity contribution in [3.63, 3.8) is 0 Å². The van der Waals surface area contributed by atoms with Gasteiger partial charge in [-0.3, -0.25) is 9.48 Å². The summed E-state index contributed by atoms with van der Waals surface area (Å²) < 4.78 is 68.1. The van der Waals surface area contributed by atoms with Gasteiger partial charge in [-0.1, -0.05) is 6.07 Å². The molecule has 3 heterocycles. The summed E-state index contributed by atoms with van der Waals surface area (Å²) >= 11 is 0. The van der Waals surface area contributed by atoms with Gasteiger partial charge >= 0.3 is 12.2 Å². The number of hydrogen-bond donors (Lipinski definition) is 3. The third-order valence-corrected chi connectivity index (χ3v) is 6.18. The second-order valence-electron chi connectivity index (χ2n) is 10.1. The number of nitrogens with zero attached hydrogens (tertiary/aromatic N) is 4. The quantitative estimate of drug-likeness (QED) is 0.235. The number of benzene rings is 1. The van der Waals surface area contributed by atoms with Gasteiger partial charge in [0.05, 0.1) is 30.7 Å². The van der Waals surface area contributed by atoms with E-state index < -0.39 is 36.8 Å². The minimum Gasteiger partial charge on any atom is -0.369 e. The Balaban J connectivity index is 0.000000700. The molecule has 0 aliphatic carbocycles. The van der Waals surface area contributed by atoms with Crippen molar-refractivity contribution in [1.82, 2.24) is 35.3 Å². The van der Waals surface area contributed by atoms with Crippen LogP contribution in [0.5, 0.6) is 0 Å². The minimum absolute atomic E-state index is 0. The van der Waals surface area contributed by atoms with Gasteiger partial charge in [0.2, 0.25) is 0 Å². The molecule has 1 fully saturated rings. The zero-order valence-electron chi connectivity index (χ0n) is 24.1. The summed E-state index contributed by atoms with van der Waals surface area (Å²) in [5.74, 6) is -2.66. The second kappa shape index (κ2) is 14.4. The van der Waals surface area contributed by atoms with Gasteiger partial charge in [0, 0.05) is 46.3 Å². The zero-order chi connectivity index (χ0) is 29.9. The maximum Gasteiger partial charge on any atom is 0.416 e. The monoisotopic (exact) mass is 775 g/mol. The molecule has 42 heavy (non-hydrogen) atoms. The number of aromatic amines is 1. The molecule has 1 saturated heterocycles. The summed E-state index contributed by atoms with van der Waals surface area (Å²) in [6, 6.07) is 6.46. The van der Waals surface area contributed by atoms with E-state index in [2.05, 4.69) is 30.4 Å². The van der Waals surface area contributed by atoms with Crippen molar-refractivity contribution >= 4 is 23.0 Å². The Labute approximate surface area is 254 Å². The Hall–Kier alpha value is -3.09. The van der Waals surface area contributed by atoms with Gasteiger partial charge in [-0.15, -0.1) is 0 Å². The van der Waals surface area contributed by atoms with Crippen LogP contribution in [0.2, 0.25) is 0 Å². The molecule has 0 unspecified atom stereocenters. The van der Waals surface area contributed by atoms with Crippen LogP contribution in [0.4, 0.5) is 26.7 Å². The molecule has 10 nitrogen and oxygen atoms in total. The number of imidazole rings is 1. The van der Waals surface area contributed by atoms with Crippen LogP contribution in [0.3, 0.4) is 0 Å². The van der Waals surface area contributed by atoms with Gasteiger partial charge in [0.1, 0.15) is 11.5 Å². The van der Waals surface area contributed by atoms with E-state index in [-0.39, 0.29) is 52.9 Å². The maximum atomic E-state index is 13.6. The average molecular weight is 775 g/mol. The number of amides is 3. The molecular weight excluding hydrogens is 740 g/mol. The summed E-state index contributed by atoms with van der Waals surface area (Å²) in [6.45, 7) is 4.82. The number of hydrogen-bond acceptors (Lipinski definition) is 5. The average Bonchev–Trinajstić information content (AvgIpc) is 3.51. The molecule has 235 valence electrons. The van der Waals surface area contributed by atoms with Crippen LogP contribution in [0.15, 0.2) is 30.5 Å². The van der Waals surface area contributed by atoms with Crippen LogP contribution in [-0.2, 0) is 38.2 Å². The largest absolute Gasteiger partial charge is 0.416 e. The van der Waals surface area contributed by atoms with Gasteiger partial charge < -0.3 is 32.7 Å². The summed E-state index contributed by atoms with van der Waals surface area (Å²) in [5.41, 5.74) is 0.504. The van der Waals surface area contributed by atoms with Crippen LogP contribution < -0.4 is 10.6 Å². The second-order valence-corrected chi connectivity index (χ2v) is 10.1. The Kier molecular flexibility index (Phi) is 12.7. The number of methoxy groups -OCH3 is 1. The molecule has 0 saturated carbocycles. The van der Waals surface area contributed by atoms with Crippen molar-refractivity contribution < 1.29 is 56.7 Å². The fourth-order valence-electron chi connectivity index (χ4n) is 3.64. The number of ether oxygens (including phenoxy) is 1. The first-order valence-corrected chi connectivity index (χ1v) is 12.3. The van der Waals surface area contributed by atoms with Crippen molar-refractivity contribution in [1.29, 1.82) is 0 Å². The van der Waals surface area contributed by atoms with Gasteiger partial charge in [-0.05, 0) is 51.5 Å². The number of carbonyl (C=O) groups is 2.